The largest absolute Gasteiger partial charge is 0.356 e. The van der Waals surface area contributed by atoms with Crippen molar-refractivity contribution in [2.75, 3.05) is 18.0 Å². The second kappa shape index (κ2) is 7.79. The molecule has 3 nitrogen and oxygen atoms in total. The highest BCUT2D eigenvalue weighted by molar-refractivity contribution is 5.44. The number of aromatic nitrogens is 1. The lowest BCUT2D eigenvalue weighted by molar-refractivity contribution is 0.568. The molecule has 0 spiro atoms. The first kappa shape index (κ1) is 16.3. The Balaban J connectivity index is 2.15. The Morgan fingerprint density at radius 1 is 1.33 bits per heavy atom. The molecular weight excluding hydrogens is 258 g/mol. The van der Waals surface area contributed by atoms with Crippen LogP contribution >= 0.6 is 0 Å². The summed E-state index contributed by atoms with van der Waals surface area (Å²) in [5, 5.41) is 3.52. The normalized spacial score (nSPS) is 18.7. The fraction of sp³-hybridized carbons (Fsp3) is 0.722. The monoisotopic (exact) mass is 289 g/mol. The van der Waals surface area contributed by atoms with Crippen molar-refractivity contribution in [2.24, 2.45) is 5.92 Å². The Labute approximate surface area is 130 Å². The highest BCUT2D eigenvalue weighted by Crippen LogP contribution is 2.25. The Morgan fingerprint density at radius 2 is 2.14 bits per heavy atom. The first-order chi connectivity index (χ1) is 10.1. The number of aryl methyl sites for hydroxylation is 1. The minimum atomic E-state index is 0.521. The summed E-state index contributed by atoms with van der Waals surface area (Å²) in [5.41, 5.74) is 2.62. The number of pyridine rings is 1. The lowest BCUT2D eigenvalue weighted by atomic mass is 10.1. The van der Waals surface area contributed by atoms with E-state index < -0.39 is 0 Å². The first-order valence-corrected chi connectivity index (χ1v) is 8.60. The van der Waals surface area contributed by atoms with Gasteiger partial charge >= 0.3 is 0 Å². The standard InChI is InChI=1S/C18H31N3/c1-5-7-17-10-16(12-19-14(3)4)11-18(20-17)21-9-8-15(6-2)13-21/h10-11,14-15,19H,5-9,12-13H2,1-4H3. The van der Waals surface area contributed by atoms with Crippen molar-refractivity contribution in [3.63, 3.8) is 0 Å². The number of rotatable bonds is 7. The van der Waals surface area contributed by atoms with Gasteiger partial charge in [0.25, 0.3) is 0 Å². The summed E-state index contributed by atoms with van der Waals surface area (Å²) in [6, 6.07) is 5.08. The molecule has 1 fully saturated rings. The smallest absolute Gasteiger partial charge is 0.129 e. The quantitative estimate of drug-likeness (QED) is 0.828. The number of nitrogens with zero attached hydrogens (tertiary/aromatic N) is 2. The summed E-state index contributed by atoms with van der Waals surface area (Å²) in [5.74, 6) is 2.04. The van der Waals surface area contributed by atoms with Crippen LogP contribution in [-0.2, 0) is 13.0 Å². The molecule has 3 heteroatoms. The van der Waals surface area contributed by atoms with Gasteiger partial charge in [0.1, 0.15) is 5.82 Å². The lowest BCUT2D eigenvalue weighted by Crippen LogP contribution is -2.24. The molecule has 0 amide bonds. The molecule has 1 aromatic heterocycles. The van der Waals surface area contributed by atoms with Gasteiger partial charge in [-0.05, 0) is 36.5 Å². The SMILES string of the molecule is CCCc1cc(CNC(C)C)cc(N2CCC(CC)C2)n1. The maximum Gasteiger partial charge on any atom is 0.129 e. The van der Waals surface area contributed by atoms with Gasteiger partial charge in [-0.2, -0.15) is 0 Å². The molecule has 1 aliphatic rings. The second-order valence-electron chi connectivity index (χ2n) is 6.62. The van der Waals surface area contributed by atoms with Crippen LogP contribution in [0.4, 0.5) is 5.82 Å². The maximum absolute atomic E-state index is 4.90. The zero-order valence-corrected chi connectivity index (χ0v) is 14.2. The van der Waals surface area contributed by atoms with Crippen molar-refractivity contribution in [2.45, 2.75) is 66.0 Å². The average Bonchev–Trinajstić information content (AvgIpc) is 2.94. The van der Waals surface area contributed by atoms with E-state index in [0.29, 0.717) is 6.04 Å². The van der Waals surface area contributed by atoms with Crippen LogP contribution < -0.4 is 10.2 Å². The number of hydrogen-bond donors (Lipinski definition) is 1. The lowest BCUT2D eigenvalue weighted by Gasteiger charge is -2.20. The van der Waals surface area contributed by atoms with E-state index in [1.807, 2.05) is 0 Å². The van der Waals surface area contributed by atoms with Crippen LogP contribution in [-0.4, -0.2) is 24.1 Å². The molecule has 1 aromatic rings. The van der Waals surface area contributed by atoms with Gasteiger partial charge in [-0.1, -0.05) is 40.5 Å². The van der Waals surface area contributed by atoms with Gasteiger partial charge in [0.15, 0.2) is 0 Å². The summed E-state index contributed by atoms with van der Waals surface area (Å²) >= 11 is 0. The highest BCUT2D eigenvalue weighted by atomic mass is 15.2. The summed E-state index contributed by atoms with van der Waals surface area (Å²) in [4.78, 5) is 7.38. The van der Waals surface area contributed by atoms with Gasteiger partial charge in [0.05, 0.1) is 0 Å². The van der Waals surface area contributed by atoms with Gasteiger partial charge in [-0.25, -0.2) is 4.98 Å². The zero-order chi connectivity index (χ0) is 15.2. The molecule has 1 N–H and O–H groups in total. The van der Waals surface area contributed by atoms with Crippen molar-refractivity contribution in [3.8, 4) is 0 Å². The fourth-order valence-corrected chi connectivity index (χ4v) is 2.98. The predicted molar refractivity (Wildman–Crippen MR) is 90.8 cm³/mol. The molecule has 0 aliphatic carbocycles. The van der Waals surface area contributed by atoms with E-state index in [-0.39, 0.29) is 0 Å². The van der Waals surface area contributed by atoms with E-state index >= 15 is 0 Å². The molecule has 118 valence electrons. The van der Waals surface area contributed by atoms with Crippen LogP contribution in [0.15, 0.2) is 12.1 Å². The molecule has 1 unspecified atom stereocenters. The van der Waals surface area contributed by atoms with Gasteiger partial charge in [0.2, 0.25) is 0 Å². The molecular formula is C18H31N3. The summed E-state index contributed by atoms with van der Waals surface area (Å²) in [7, 11) is 0. The van der Waals surface area contributed by atoms with E-state index in [4.69, 9.17) is 4.98 Å². The predicted octanol–water partition coefficient (Wildman–Crippen LogP) is 3.77. The number of anilines is 1. The van der Waals surface area contributed by atoms with Gasteiger partial charge in [-0.15, -0.1) is 0 Å². The molecule has 2 rings (SSSR count). The van der Waals surface area contributed by atoms with Crippen LogP contribution in [0.5, 0.6) is 0 Å². The van der Waals surface area contributed by atoms with Gasteiger partial charge < -0.3 is 10.2 Å². The minimum Gasteiger partial charge on any atom is -0.356 e. The van der Waals surface area contributed by atoms with Gasteiger partial charge in [0, 0.05) is 31.4 Å². The fourth-order valence-electron chi connectivity index (χ4n) is 2.98. The molecule has 0 saturated carbocycles. The van der Waals surface area contributed by atoms with Crippen molar-refractivity contribution in [1.82, 2.24) is 10.3 Å². The van der Waals surface area contributed by atoms with E-state index in [1.165, 1.54) is 36.5 Å². The Kier molecular flexibility index (Phi) is 6.04. The molecule has 1 aliphatic heterocycles. The molecule has 21 heavy (non-hydrogen) atoms. The van der Waals surface area contributed by atoms with Crippen molar-refractivity contribution < 1.29 is 0 Å². The summed E-state index contributed by atoms with van der Waals surface area (Å²) < 4.78 is 0. The Morgan fingerprint density at radius 3 is 2.76 bits per heavy atom. The minimum absolute atomic E-state index is 0.521. The van der Waals surface area contributed by atoms with E-state index in [2.05, 4.69) is 50.0 Å². The van der Waals surface area contributed by atoms with Crippen molar-refractivity contribution >= 4 is 5.82 Å². The second-order valence-corrected chi connectivity index (χ2v) is 6.62. The number of nitrogens with one attached hydrogen (secondary N) is 1. The van der Waals surface area contributed by atoms with Crippen LogP contribution in [0.3, 0.4) is 0 Å². The summed E-state index contributed by atoms with van der Waals surface area (Å²) in [6.07, 6.45) is 4.83. The number of hydrogen-bond acceptors (Lipinski definition) is 3. The molecule has 0 radical (unpaired) electrons. The third-order valence-electron chi connectivity index (χ3n) is 4.33. The maximum atomic E-state index is 4.90. The first-order valence-electron chi connectivity index (χ1n) is 8.60. The van der Waals surface area contributed by atoms with E-state index in [9.17, 15) is 0 Å². The van der Waals surface area contributed by atoms with Crippen molar-refractivity contribution in [1.29, 1.82) is 0 Å². The third-order valence-corrected chi connectivity index (χ3v) is 4.33. The van der Waals surface area contributed by atoms with Crippen molar-refractivity contribution in [3.05, 3.63) is 23.4 Å². The van der Waals surface area contributed by atoms with E-state index in [0.717, 1.165) is 31.8 Å². The average molecular weight is 289 g/mol. The van der Waals surface area contributed by atoms with Gasteiger partial charge in [-0.3, -0.25) is 0 Å². The Bertz CT molecular complexity index is 442. The Hall–Kier alpha value is -1.09. The zero-order valence-electron chi connectivity index (χ0n) is 14.2. The van der Waals surface area contributed by atoms with Crippen LogP contribution in [0.1, 0.15) is 58.2 Å². The highest BCUT2D eigenvalue weighted by Gasteiger charge is 2.22. The van der Waals surface area contributed by atoms with E-state index in [1.54, 1.807) is 0 Å². The molecule has 1 saturated heterocycles. The molecule has 0 aromatic carbocycles. The topological polar surface area (TPSA) is 28.2 Å². The molecule has 0 bridgehead atoms. The van der Waals surface area contributed by atoms with Crippen LogP contribution in [0.25, 0.3) is 0 Å². The van der Waals surface area contributed by atoms with Crippen LogP contribution in [0.2, 0.25) is 0 Å². The summed E-state index contributed by atoms with van der Waals surface area (Å²) in [6.45, 7) is 12.2. The molecule has 1 atom stereocenters. The third kappa shape index (κ3) is 4.70. The molecule has 2 heterocycles. The van der Waals surface area contributed by atoms with Crippen LogP contribution in [0, 0.1) is 5.92 Å².